The lowest BCUT2D eigenvalue weighted by Crippen LogP contribution is -2.00. The van der Waals surface area contributed by atoms with Gasteiger partial charge in [-0.2, -0.15) is 0 Å². The Balaban J connectivity index is 1.02. The van der Waals surface area contributed by atoms with Gasteiger partial charge in [-0.05, 0) is 66.4 Å². The SMILES string of the molecule is Cc1cccc(-c2nc(-c3ccc(-c4ccc(-c5ccccn5)c(-c5ccc(-c6nc(-c7ccccc7)nc(-c7ccccc7)n6)cc5)c4)cc3)nc(-c3cccc(C)c3)n2)c1. The van der Waals surface area contributed by atoms with Gasteiger partial charge >= 0.3 is 0 Å². The lowest BCUT2D eigenvalue weighted by atomic mass is 9.92. The molecule has 0 amide bonds. The Kier molecular flexibility index (Phi) is 10.3. The van der Waals surface area contributed by atoms with Gasteiger partial charge in [-0.3, -0.25) is 4.98 Å². The number of aryl methyl sites for hydroxylation is 2. The van der Waals surface area contributed by atoms with Crippen molar-refractivity contribution in [2.75, 3.05) is 0 Å². The summed E-state index contributed by atoms with van der Waals surface area (Å²) in [4.78, 5) is 34.4. The fourth-order valence-corrected chi connectivity index (χ4v) is 7.59. The molecule has 0 radical (unpaired) electrons. The van der Waals surface area contributed by atoms with E-state index in [-0.39, 0.29) is 0 Å². The van der Waals surface area contributed by atoms with Gasteiger partial charge in [0.25, 0.3) is 0 Å². The molecule has 0 atom stereocenters. The number of aromatic nitrogens is 7. The van der Waals surface area contributed by atoms with E-state index in [1.165, 1.54) is 0 Å². The van der Waals surface area contributed by atoms with Crippen LogP contribution < -0.4 is 0 Å². The van der Waals surface area contributed by atoms with Crippen LogP contribution in [0.1, 0.15) is 11.1 Å². The van der Waals surface area contributed by atoms with Crippen LogP contribution in [0.4, 0.5) is 0 Å². The molecule has 0 saturated carbocycles. The molecule has 10 rings (SSSR count). The number of benzene rings is 7. The van der Waals surface area contributed by atoms with Gasteiger partial charge < -0.3 is 0 Å². The highest BCUT2D eigenvalue weighted by atomic mass is 15.0. The van der Waals surface area contributed by atoms with Crippen molar-refractivity contribution >= 4 is 0 Å². The molecule has 0 saturated heterocycles. The van der Waals surface area contributed by atoms with Crippen molar-refractivity contribution in [3.63, 3.8) is 0 Å². The maximum absolute atomic E-state index is 4.99. The van der Waals surface area contributed by atoms with E-state index in [1.54, 1.807) is 0 Å². The zero-order valence-electron chi connectivity index (χ0n) is 34.2. The van der Waals surface area contributed by atoms with Crippen LogP contribution in [-0.2, 0) is 0 Å². The first-order valence-corrected chi connectivity index (χ1v) is 20.5. The molecule has 3 aromatic heterocycles. The molecule has 0 spiro atoms. The smallest absolute Gasteiger partial charge is 0.164 e. The number of hydrogen-bond donors (Lipinski definition) is 0. The van der Waals surface area contributed by atoms with Crippen molar-refractivity contribution in [3.8, 4) is 102 Å². The van der Waals surface area contributed by atoms with Crippen LogP contribution in [0.15, 0.2) is 200 Å². The minimum absolute atomic E-state index is 0.609. The van der Waals surface area contributed by atoms with Gasteiger partial charge in [0.05, 0.1) is 5.69 Å². The zero-order chi connectivity index (χ0) is 41.8. The van der Waals surface area contributed by atoms with E-state index in [0.29, 0.717) is 34.9 Å². The number of hydrogen-bond acceptors (Lipinski definition) is 7. The summed E-state index contributed by atoms with van der Waals surface area (Å²) in [6.07, 6.45) is 1.83. The van der Waals surface area contributed by atoms with E-state index < -0.39 is 0 Å². The highest BCUT2D eigenvalue weighted by Crippen LogP contribution is 2.37. The predicted molar refractivity (Wildman–Crippen MR) is 249 cm³/mol. The molecule has 3 heterocycles. The minimum Gasteiger partial charge on any atom is -0.256 e. The molecule has 294 valence electrons. The summed E-state index contributed by atoms with van der Waals surface area (Å²) in [5, 5.41) is 0. The highest BCUT2D eigenvalue weighted by molar-refractivity contribution is 5.87. The molecule has 0 aliphatic rings. The first-order chi connectivity index (χ1) is 30.5. The fraction of sp³-hybridized carbons (Fsp3) is 0.0364. The van der Waals surface area contributed by atoms with Crippen molar-refractivity contribution in [1.29, 1.82) is 0 Å². The van der Waals surface area contributed by atoms with Gasteiger partial charge in [-0.15, -0.1) is 0 Å². The largest absolute Gasteiger partial charge is 0.256 e. The Hall–Kier alpha value is -8.29. The Morgan fingerprint density at radius 2 is 0.645 bits per heavy atom. The summed E-state index contributed by atoms with van der Waals surface area (Å²) in [5.41, 5.74) is 14.0. The molecule has 10 aromatic rings. The second-order valence-corrected chi connectivity index (χ2v) is 15.2. The third kappa shape index (κ3) is 8.03. The van der Waals surface area contributed by atoms with E-state index in [0.717, 1.165) is 78.0 Å². The Bertz CT molecular complexity index is 3050. The van der Waals surface area contributed by atoms with E-state index in [4.69, 9.17) is 34.9 Å². The lowest BCUT2D eigenvalue weighted by Gasteiger charge is -2.14. The van der Waals surface area contributed by atoms with Crippen LogP contribution >= 0.6 is 0 Å². The van der Waals surface area contributed by atoms with E-state index in [1.807, 2.05) is 109 Å². The molecule has 62 heavy (non-hydrogen) atoms. The number of pyridine rings is 1. The molecular weight excluding hydrogens is 759 g/mol. The van der Waals surface area contributed by atoms with Gasteiger partial charge in [-0.1, -0.05) is 175 Å². The topological polar surface area (TPSA) is 90.2 Å². The maximum Gasteiger partial charge on any atom is 0.164 e. The summed E-state index contributed by atoms with van der Waals surface area (Å²) in [5.74, 6) is 3.77. The minimum atomic E-state index is 0.609. The van der Waals surface area contributed by atoms with Crippen molar-refractivity contribution in [2.24, 2.45) is 0 Å². The second-order valence-electron chi connectivity index (χ2n) is 15.2. The molecule has 0 aliphatic heterocycles. The van der Waals surface area contributed by atoms with Gasteiger partial charge in [0.2, 0.25) is 0 Å². The van der Waals surface area contributed by atoms with Crippen molar-refractivity contribution < 1.29 is 0 Å². The van der Waals surface area contributed by atoms with Crippen molar-refractivity contribution in [1.82, 2.24) is 34.9 Å². The predicted octanol–water partition coefficient (Wildman–Crippen LogP) is 13.1. The molecule has 0 N–H and O–H groups in total. The van der Waals surface area contributed by atoms with Gasteiger partial charge in [0.15, 0.2) is 34.9 Å². The summed E-state index contributed by atoms with van der Waals surface area (Å²) in [7, 11) is 0. The highest BCUT2D eigenvalue weighted by Gasteiger charge is 2.16. The van der Waals surface area contributed by atoms with E-state index >= 15 is 0 Å². The summed E-state index contributed by atoms with van der Waals surface area (Å²) in [6, 6.07) is 66.1. The molecule has 0 unspecified atom stereocenters. The molecule has 0 aliphatic carbocycles. The molecule has 0 bridgehead atoms. The summed E-state index contributed by atoms with van der Waals surface area (Å²) < 4.78 is 0. The monoisotopic (exact) mass is 797 g/mol. The maximum atomic E-state index is 4.99. The Morgan fingerprint density at radius 3 is 1.10 bits per heavy atom. The Labute approximate surface area is 360 Å². The first-order valence-electron chi connectivity index (χ1n) is 20.5. The van der Waals surface area contributed by atoms with E-state index in [2.05, 4.69) is 105 Å². The molecule has 0 fully saturated rings. The lowest BCUT2D eigenvalue weighted by molar-refractivity contribution is 1.07. The fourth-order valence-electron chi connectivity index (χ4n) is 7.59. The van der Waals surface area contributed by atoms with Crippen LogP contribution in [0, 0.1) is 13.8 Å². The van der Waals surface area contributed by atoms with Crippen LogP contribution in [0.3, 0.4) is 0 Å². The van der Waals surface area contributed by atoms with E-state index in [9.17, 15) is 0 Å². The third-order valence-electron chi connectivity index (χ3n) is 10.8. The van der Waals surface area contributed by atoms with Gasteiger partial charge in [0.1, 0.15) is 0 Å². The standard InChI is InChI=1S/C55H39N7/c1-36-13-11-19-45(33-36)54-60-53(61-55(62-54)46-20-12-14-37(2)34-46)42-26-22-38(23-27-42)44-30-31-47(49-21-9-10-32-56-49)48(35-44)39-24-28-43(29-25-39)52-58-50(40-15-5-3-6-16-40)57-51(59-52)41-17-7-4-8-18-41/h3-35H,1-2H3. The molecule has 7 nitrogen and oxygen atoms in total. The van der Waals surface area contributed by atoms with Crippen LogP contribution in [0.5, 0.6) is 0 Å². The third-order valence-corrected chi connectivity index (χ3v) is 10.8. The second kappa shape index (κ2) is 16.8. The van der Waals surface area contributed by atoms with Gasteiger partial charge in [-0.25, -0.2) is 29.9 Å². The first kappa shape index (κ1) is 37.9. The zero-order valence-corrected chi connectivity index (χ0v) is 34.2. The quantitative estimate of drug-likeness (QED) is 0.144. The van der Waals surface area contributed by atoms with Crippen LogP contribution in [0.25, 0.3) is 102 Å². The number of rotatable bonds is 9. The van der Waals surface area contributed by atoms with Gasteiger partial charge in [0, 0.05) is 45.1 Å². The normalized spacial score (nSPS) is 11.1. The average molecular weight is 798 g/mol. The molecule has 7 heteroatoms. The molecular formula is C55H39N7. The Morgan fingerprint density at radius 1 is 0.258 bits per heavy atom. The average Bonchev–Trinajstić information content (AvgIpc) is 3.34. The van der Waals surface area contributed by atoms with Crippen molar-refractivity contribution in [3.05, 3.63) is 211 Å². The van der Waals surface area contributed by atoms with Crippen molar-refractivity contribution in [2.45, 2.75) is 13.8 Å². The number of nitrogens with zero attached hydrogens (tertiary/aromatic N) is 7. The summed E-state index contributed by atoms with van der Waals surface area (Å²) >= 11 is 0. The summed E-state index contributed by atoms with van der Waals surface area (Å²) in [6.45, 7) is 4.16. The molecule has 7 aromatic carbocycles. The van der Waals surface area contributed by atoms with Crippen LogP contribution in [-0.4, -0.2) is 34.9 Å². The van der Waals surface area contributed by atoms with Crippen LogP contribution in [0.2, 0.25) is 0 Å².